The molecule has 1 fully saturated rings. The zero-order chi connectivity index (χ0) is 10.6. The van der Waals surface area contributed by atoms with Crippen molar-refractivity contribution in [2.75, 3.05) is 19.6 Å². The number of rotatable bonds is 5. The second-order valence-electron chi connectivity index (χ2n) is 3.92. The topological polar surface area (TPSA) is 46.3 Å². The summed E-state index contributed by atoms with van der Waals surface area (Å²) < 4.78 is 0. The highest BCUT2D eigenvalue weighted by Crippen LogP contribution is 2.46. The number of amides is 1. The molecule has 78 valence electrons. The van der Waals surface area contributed by atoms with Gasteiger partial charge in [-0.25, -0.2) is 0 Å². The van der Waals surface area contributed by atoms with E-state index in [0.29, 0.717) is 13.1 Å². The monoisotopic (exact) mass is 194 g/mol. The summed E-state index contributed by atoms with van der Waals surface area (Å²) in [7, 11) is 0. The van der Waals surface area contributed by atoms with Crippen LogP contribution < -0.4 is 5.73 Å². The summed E-state index contributed by atoms with van der Waals surface area (Å²) in [6.07, 6.45) is 8.01. The molecular weight excluding hydrogens is 176 g/mol. The highest BCUT2D eigenvalue weighted by molar-refractivity contribution is 5.85. The molecule has 0 radical (unpaired) electrons. The Morgan fingerprint density at radius 2 is 2.29 bits per heavy atom. The normalized spacial score (nSPS) is 17.2. The van der Waals surface area contributed by atoms with Crippen molar-refractivity contribution in [1.29, 1.82) is 0 Å². The first kappa shape index (κ1) is 11.1. The Labute approximate surface area is 85.6 Å². The molecule has 0 heterocycles. The standard InChI is InChI=1S/C11H18N2O/c1-3-7-13(8-4-2)10(14)11(9-12)5-6-11/h1H,4-9,12H2,2H3. The summed E-state index contributed by atoms with van der Waals surface area (Å²) in [5.41, 5.74) is 5.34. The van der Waals surface area contributed by atoms with Gasteiger partial charge in [-0.2, -0.15) is 0 Å². The highest BCUT2D eigenvalue weighted by atomic mass is 16.2. The molecule has 0 aromatic carbocycles. The van der Waals surface area contributed by atoms with E-state index < -0.39 is 0 Å². The van der Waals surface area contributed by atoms with E-state index in [1.54, 1.807) is 4.90 Å². The van der Waals surface area contributed by atoms with Gasteiger partial charge in [-0.3, -0.25) is 4.79 Å². The van der Waals surface area contributed by atoms with E-state index >= 15 is 0 Å². The molecule has 0 aliphatic heterocycles. The Morgan fingerprint density at radius 1 is 1.64 bits per heavy atom. The van der Waals surface area contributed by atoms with Crippen LogP contribution in [0.4, 0.5) is 0 Å². The Balaban J connectivity index is 2.59. The minimum absolute atomic E-state index is 0.153. The molecule has 0 bridgehead atoms. The first-order valence-electron chi connectivity index (χ1n) is 5.13. The average molecular weight is 194 g/mol. The lowest BCUT2D eigenvalue weighted by Gasteiger charge is -2.24. The predicted molar refractivity (Wildman–Crippen MR) is 56.4 cm³/mol. The molecule has 1 amide bonds. The van der Waals surface area contributed by atoms with Crippen molar-refractivity contribution in [3.05, 3.63) is 0 Å². The number of nitrogens with two attached hydrogens (primary N) is 1. The van der Waals surface area contributed by atoms with Gasteiger partial charge in [-0.15, -0.1) is 6.42 Å². The van der Waals surface area contributed by atoms with Gasteiger partial charge in [-0.1, -0.05) is 12.8 Å². The molecule has 1 aliphatic carbocycles. The molecule has 0 unspecified atom stereocenters. The van der Waals surface area contributed by atoms with Crippen LogP contribution in [0.1, 0.15) is 26.2 Å². The maximum absolute atomic E-state index is 12.0. The molecule has 1 rings (SSSR count). The zero-order valence-corrected chi connectivity index (χ0v) is 8.75. The Hall–Kier alpha value is -1.01. The summed E-state index contributed by atoms with van der Waals surface area (Å²) in [6, 6.07) is 0. The summed E-state index contributed by atoms with van der Waals surface area (Å²) in [5.74, 6) is 2.67. The number of hydrogen-bond acceptors (Lipinski definition) is 2. The summed E-state index contributed by atoms with van der Waals surface area (Å²) in [6.45, 7) is 3.65. The van der Waals surface area contributed by atoms with Crippen LogP contribution in [0.15, 0.2) is 0 Å². The second kappa shape index (κ2) is 4.47. The number of carbonyl (C=O) groups excluding carboxylic acids is 1. The van der Waals surface area contributed by atoms with Crippen LogP contribution in [-0.2, 0) is 4.79 Å². The number of carbonyl (C=O) groups is 1. The molecular formula is C11H18N2O. The lowest BCUT2D eigenvalue weighted by molar-refractivity contribution is -0.136. The van der Waals surface area contributed by atoms with Crippen LogP contribution in [0.2, 0.25) is 0 Å². The largest absolute Gasteiger partial charge is 0.331 e. The Kier molecular flexibility index (Phi) is 3.54. The van der Waals surface area contributed by atoms with E-state index in [9.17, 15) is 4.79 Å². The van der Waals surface area contributed by atoms with Crippen molar-refractivity contribution in [2.45, 2.75) is 26.2 Å². The molecule has 1 saturated carbocycles. The summed E-state index contributed by atoms with van der Waals surface area (Å²) in [5, 5.41) is 0. The van der Waals surface area contributed by atoms with Crippen LogP contribution in [0.25, 0.3) is 0 Å². The Morgan fingerprint density at radius 3 is 2.64 bits per heavy atom. The van der Waals surface area contributed by atoms with Gasteiger partial charge in [-0.05, 0) is 19.3 Å². The van der Waals surface area contributed by atoms with Crippen LogP contribution in [0.3, 0.4) is 0 Å². The molecule has 1 aliphatic rings. The molecule has 2 N–H and O–H groups in total. The van der Waals surface area contributed by atoms with Gasteiger partial charge in [0.25, 0.3) is 0 Å². The molecule has 14 heavy (non-hydrogen) atoms. The average Bonchev–Trinajstić information content (AvgIpc) is 2.97. The zero-order valence-electron chi connectivity index (χ0n) is 8.75. The second-order valence-corrected chi connectivity index (χ2v) is 3.92. The number of nitrogens with zero attached hydrogens (tertiary/aromatic N) is 1. The molecule has 0 aromatic rings. The van der Waals surface area contributed by atoms with E-state index in [1.165, 1.54) is 0 Å². The lowest BCUT2D eigenvalue weighted by atomic mass is 10.1. The fourth-order valence-corrected chi connectivity index (χ4v) is 1.62. The number of hydrogen-bond donors (Lipinski definition) is 1. The van der Waals surface area contributed by atoms with E-state index in [4.69, 9.17) is 12.2 Å². The molecule has 0 aromatic heterocycles. The SMILES string of the molecule is C#CCN(CCC)C(=O)C1(CN)CC1. The van der Waals surface area contributed by atoms with Gasteiger partial charge < -0.3 is 10.6 Å². The van der Waals surface area contributed by atoms with Crippen molar-refractivity contribution >= 4 is 5.91 Å². The highest BCUT2D eigenvalue weighted by Gasteiger charge is 2.50. The van der Waals surface area contributed by atoms with Gasteiger partial charge in [0.15, 0.2) is 0 Å². The first-order chi connectivity index (χ1) is 6.70. The molecule has 0 atom stereocenters. The fourth-order valence-electron chi connectivity index (χ4n) is 1.62. The van der Waals surface area contributed by atoms with Crippen LogP contribution in [-0.4, -0.2) is 30.4 Å². The maximum atomic E-state index is 12.0. The van der Waals surface area contributed by atoms with Crippen molar-refractivity contribution < 1.29 is 4.79 Å². The molecule has 0 spiro atoms. The van der Waals surface area contributed by atoms with Gasteiger partial charge >= 0.3 is 0 Å². The van der Waals surface area contributed by atoms with Crippen LogP contribution in [0.5, 0.6) is 0 Å². The predicted octanol–water partition coefficient (Wildman–Crippen LogP) is 0.597. The third kappa shape index (κ3) is 2.08. The van der Waals surface area contributed by atoms with E-state index in [1.807, 2.05) is 6.92 Å². The Bertz CT molecular complexity index is 251. The van der Waals surface area contributed by atoms with E-state index in [2.05, 4.69) is 5.92 Å². The van der Waals surface area contributed by atoms with Crippen LogP contribution in [0, 0.1) is 17.8 Å². The smallest absolute Gasteiger partial charge is 0.230 e. The number of terminal acetylenes is 1. The third-order valence-corrected chi connectivity index (χ3v) is 2.76. The molecule has 3 nitrogen and oxygen atoms in total. The van der Waals surface area contributed by atoms with Crippen molar-refractivity contribution in [2.24, 2.45) is 11.1 Å². The summed E-state index contributed by atoms with van der Waals surface area (Å²) in [4.78, 5) is 13.7. The van der Waals surface area contributed by atoms with Gasteiger partial charge in [0.2, 0.25) is 5.91 Å². The van der Waals surface area contributed by atoms with Crippen molar-refractivity contribution in [1.82, 2.24) is 4.90 Å². The van der Waals surface area contributed by atoms with Crippen molar-refractivity contribution in [3.8, 4) is 12.3 Å². The summed E-state index contributed by atoms with van der Waals surface area (Å²) >= 11 is 0. The van der Waals surface area contributed by atoms with Gasteiger partial charge in [0.05, 0.1) is 12.0 Å². The van der Waals surface area contributed by atoms with Crippen LogP contribution >= 0.6 is 0 Å². The lowest BCUT2D eigenvalue weighted by Crippen LogP contribution is -2.41. The fraction of sp³-hybridized carbons (Fsp3) is 0.727. The quantitative estimate of drug-likeness (QED) is 0.651. The minimum atomic E-state index is -0.258. The van der Waals surface area contributed by atoms with Gasteiger partial charge in [0.1, 0.15) is 0 Å². The third-order valence-electron chi connectivity index (χ3n) is 2.76. The maximum Gasteiger partial charge on any atom is 0.230 e. The van der Waals surface area contributed by atoms with Crippen molar-refractivity contribution in [3.63, 3.8) is 0 Å². The van der Waals surface area contributed by atoms with Gasteiger partial charge in [0, 0.05) is 13.1 Å². The molecule has 0 saturated heterocycles. The van der Waals surface area contributed by atoms with E-state index in [-0.39, 0.29) is 11.3 Å². The van der Waals surface area contributed by atoms with E-state index in [0.717, 1.165) is 25.8 Å². The molecule has 3 heteroatoms. The minimum Gasteiger partial charge on any atom is -0.331 e. The first-order valence-corrected chi connectivity index (χ1v) is 5.13.